The summed E-state index contributed by atoms with van der Waals surface area (Å²) < 4.78 is 13.5. The average Bonchev–Trinajstić information content (AvgIpc) is 2.23. The van der Waals surface area contributed by atoms with Crippen LogP contribution in [0.4, 0.5) is 4.39 Å². The zero-order valence-corrected chi connectivity index (χ0v) is 10.00. The monoisotopic (exact) mass is 275 g/mol. The lowest BCUT2D eigenvalue weighted by Crippen LogP contribution is -2.30. The van der Waals surface area contributed by atoms with Crippen molar-refractivity contribution in [3.05, 3.63) is 34.1 Å². The van der Waals surface area contributed by atoms with Gasteiger partial charge in [0.25, 0.3) is 0 Å². The second-order valence-corrected chi connectivity index (χ2v) is 5.26. The summed E-state index contributed by atoms with van der Waals surface area (Å²) in [7, 11) is 0. The lowest BCUT2D eigenvalue weighted by Gasteiger charge is -2.23. The Labute approximate surface area is 95.6 Å². The van der Waals surface area contributed by atoms with E-state index >= 15 is 0 Å². The maximum Gasteiger partial charge on any atom is 0.137 e. The number of rotatable bonds is 1. The molecule has 0 radical (unpaired) electrons. The molecule has 1 aliphatic rings. The van der Waals surface area contributed by atoms with Crippen LogP contribution in [0.15, 0.2) is 22.7 Å². The van der Waals surface area contributed by atoms with Crippen LogP contribution < -0.4 is 5.32 Å². The fraction of sp³-hybridized carbons (Fsp3) is 0.400. The molecule has 1 aromatic carbocycles. The van der Waals surface area contributed by atoms with Gasteiger partial charge in [-0.2, -0.15) is 11.8 Å². The molecule has 2 rings (SSSR count). The fourth-order valence-corrected chi connectivity index (χ4v) is 2.88. The first kappa shape index (κ1) is 10.5. The van der Waals surface area contributed by atoms with Gasteiger partial charge in [0.2, 0.25) is 0 Å². The van der Waals surface area contributed by atoms with Crippen molar-refractivity contribution in [1.82, 2.24) is 5.32 Å². The Morgan fingerprint density at radius 3 is 3.00 bits per heavy atom. The summed E-state index contributed by atoms with van der Waals surface area (Å²) in [5.41, 5.74) is 1.16. The topological polar surface area (TPSA) is 12.0 Å². The van der Waals surface area contributed by atoms with Crippen molar-refractivity contribution in [2.45, 2.75) is 6.04 Å². The summed E-state index contributed by atoms with van der Waals surface area (Å²) >= 11 is 5.14. The van der Waals surface area contributed by atoms with Crippen molar-refractivity contribution in [2.75, 3.05) is 18.1 Å². The molecule has 1 aromatic rings. The van der Waals surface area contributed by atoms with Crippen molar-refractivity contribution >= 4 is 27.7 Å². The van der Waals surface area contributed by atoms with Crippen LogP contribution in [0.5, 0.6) is 0 Å². The Hall–Kier alpha value is -0.0600. The zero-order valence-electron chi connectivity index (χ0n) is 7.59. The molecule has 1 heterocycles. The van der Waals surface area contributed by atoms with Gasteiger partial charge in [-0.15, -0.1) is 0 Å². The number of benzene rings is 1. The molecule has 1 saturated heterocycles. The Morgan fingerprint density at radius 2 is 2.36 bits per heavy atom. The van der Waals surface area contributed by atoms with Crippen LogP contribution in [-0.4, -0.2) is 18.1 Å². The van der Waals surface area contributed by atoms with Crippen molar-refractivity contribution in [1.29, 1.82) is 0 Å². The standard InChI is InChI=1S/C10H11BrFNS/c11-8-5-7(1-2-9(8)12)10-6-14-4-3-13-10/h1-2,5,10,13H,3-4,6H2. The summed E-state index contributed by atoms with van der Waals surface area (Å²) in [6, 6.07) is 5.59. The smallest absolute Gasteiger partial charge is 0.137 e. The molecule has 0 saturated carbocycles. The highest BCUT2D eigenvalue weighted by Crippen LogP contribution is 2.25. The summed E-state index contributed by atoms with van der Waals surface area (Å²) in [6.07, 6.45) is 0. The van der Waals surface area contributed by atoms with Gasteiger partial charge < -0.3 is 5.32 Å². The van der Waals surface area contributed by atoms with E-state index in [4.69, 9.17) is 0 Å². The molecule has 1 aliphatic heterocycles. The summed E-state index contributed by atoms with van der Waals surface area (Å²) in [4.78, 5) is 0. The third-order valence-corrected chi connectivity index (χ3v) is 3.94. The van der Waals surface area contributed by atoms with Gasteiger partial charge in [-0.3, -0.25) is 0 Å². The second kappa shape index (κ2) is 4.64. The number of thioether (sulfide) groups is 1. The Balaban J connectivity index is 2.18. The normalized spacial score (nSPS) is 22.3. The molecule has 0 bridgehead atoms. The van der Waals surface area contributed by atoms with Gasteiger partial charge >= 0.3 is 0 Å². The van der Waals surface area contributed by atoms with E-state index < -0.39 is 0 Å². The minimum Gasteiger partial charge on any atom is -0.308 e. The van der Waals surface area contributed by atoms with Crippen LogP contribution in [0.1, 0.15) is 11.6 Å². The van der Waals surface area contributed by atoms with E-state index in [1.54, 1.807) is 0 Å². The van der Waals surface area contributed by atoms with E-state index in [1.165, 1.54) is 11.8 Å². The number of hydrogen-bond acceptors (Lipinski definition) is 2. The summed E-state index contributed by atoms with van der Waals surface area (Å²) in [6.45, 7) is 1.03. The molecule has 14 heavy (non-hydrogen) atoms. The largest absolute Gasteiger partial charge is 0.308 e. The molecular weight excluding hydrogens is 265 g/mol. The third-order valence-electron chi connectivity index (χ3n) is 2.27. The lowest BCUT2D eigenvalue weighted by atomic mass is 10.1. The Kier molecular flexibility index (Phi) is 3.47. The van der Waals surface area contributed by atoms with Gasteiger partial charge in [-0.05, 0) is 33.6 Å². The zero-order chi connectivity index (χ0) is 9.97. The first-order valence-corrected chi connectivity index (χ1v) is 6.48. The minimum atomic E-state index is -0.197. The maximum atomic E-state index is 13.0. The van der Waals surface area contributed by atoms with E-state index in [-0.39, 0.29) is 5.82 Å². The molecular formula is C10H11BrFNS. The molecule has 1 atom stereocenters. The number of hydrogen-bond donors (Lipinski definition) is 1. The SMILES string of the molecule is Fc1ccc(C2CSCCN2)cc1Br. The van der Waals surface area contributed by atoms with Crippen LogP contribution in [0.25, 0.3) is 0 Å². The molecule has 76 valence electrons. The van der Waals surface area contributed by atoms with E-state index in [9.17, 15) is 4.39 Å². The highest BCUT2D eigenvalue weighted by atomic mass is 79.9. The molecule has 0 aromatic heterocycles. The summed E-state index contributed by atoms with van der Waals surface area (Å²) in [5.74, 6) is 2.04. The van der Waals surface area contributed by atoms with E-state index in [2.05, 4.69) is 21.2 Å². The highest BCUT2D eigenvalue weighted by Gasteiger charge is 2.15. The second-order valence-electron chi connectivity index (χ2n) is 3.26. The van der Waals surface area contributed by atoms with E-state index in [0.717, 1.165) is 17.9 Å². The molecule has 1 unspecified atom stereocenters. The van der Waals surface area contributed by atoms with Gasteiger partial charge in [0.15, 0.2) is 0 Å². The fourth-order valence-electron chi connectivity index (χ4n) is 1.51. The highest BCUT2D eigenvalue weighted by molar-refractivity contribution is 9.10. The molecule has 0 spiro atoms. The molecule has 0 aliphatic carbocycles. The first-order valence-electron chi connectivity index (χ1n) is 4.53. The molecule has 1 fully saturated rings. The number of halogens is 2. The molecule has 1 nitrogen and oxygen atoms in total. The van der Waals surface area contributed by atoms with Crippen molar-refractivity contribution in [3.8, 4) is 0 Å². The van der Waals surface area contributed by atoms with Gasteiger partial charge in [0, 0.05) is 24.1 Å². The van der Waals surface area contributed by atoms with Crippen molar-refractivity contribution < 1.29 is 4.39 Å². The Morgan fingerprint density at radius 1 is 1.50 bits per heavy atom. The molecule has 0 amide bonds. The van der Waals surface area contributed by atoms with Crippen LogP contribution in [0, 0.1) is 5.82 Å². The van der Waals surface area contributed by atoms with Crippen LogP contribution in [0.3, 0.4) is 0 Å². The molecule has 4 heteroatoms. The quantitative estimate of drug-likeness (QED) is 0.846. The van der Waals surface area contributed by atoms with Gasteiger partial charge in [-0.1, -0.05) is 6.07 Å². The first-order chi connectivity index (χ1) is 6.77. The summed E-state index contributed by atoms with van der Waals surface area (Å²) in [5, 5.41) is 3.42. The van der Waals surface area contributed by atoms with Gasteiger partial charge in [-0.25, -0.2) is 4.39 Å². The predicted molar refractivity (Wildman–Crippen MR) is 62.2 cm³/mol. The van der Waals surface area contributed by atoms with Crippen molar-refractivity contribution in [3.63, 3.8) is 0 Å². The van der Waals surface area contributed by atoms with E-state index in [1.807, 2.05) is 23.9 Å². The predicted octanol–water partition coefficient (Wildman–Crippen LogP) is 2.97. The lowest BCUT2D eigenvalue weighted by molar-refractivity contribution is 0.587. The average molecular weight is 276 g/mol. The van der Waals surface area contributed by atoms with Crippen LogP contribution in [-0.2, 0) is 0 Å². The number of nitrogens with one attached hydrogen (secondary N) is 1. The van der Waals surface area contributed by atoms with Gasteiger partial charge in [0.1, 0.15) is 5.82 Å². The van der Waals surface area contributed by atoms with Gasteiger partial charge in [0.05, 0.1) is 4.47 Å². The minimum absolute atomic E-state index is 0.197. The van der Waals surface area contributed by atoms with Crippen molar-refractivity contribution in [2.24, 2.45) is 0 Å². The third kappa shape index (κ3) is 2.30. The molecule has 1 N–H and O–H groups in total. The Bertz CT molecular complexity index is 326. The van der Waals surface area contributed by atoms with Crippen LogP contribution in [0.2, 0.25) is 0 Å². The maximum absolute atomic E-state index is 13.0. The van der Waals surface area contributed by atoms with Crippen LogP contribution >= 0.6 is 27.7 Å². The van der Waals surface area contributed by atoms with E-state index in [0.29, 0.717) is 10.5 Å².